The Morgan fingerprint density at radius 1 is 1.07 bits per heavy atom. The second-order valence-corrected chi connectivity index (χ2v) is 8.54. The van der Waals surface area contributed by atoms with Gasteiger partial charge in [0.05, 0.1) is 5.39 Å². The summed E-state index contributed by atoms with van der Waals surface area (Å²) in [7, 11) is 0. The summed E-state index contributed by atoms with van der Waals surface area (Å²) in [4.78, 5) is 16.7. The monoisotopic (exact) mass is 376 g/mol. The van der Waals surface area contributed by atoms with Crippen molar-refractivity contribution in [3.05, 3.63) is 46.6 Å². The van der Waals surface area contributed by atoms with Crippen LogP contribution in [0.15, 0.2) is 36.2 Å². The molecule has 0 saturated carbocycles. The van der Waals surface area contributed by atoms with Crippen LogP contribution < -0.4 is 5.32 Å². The predicted octanol–water partition coefficient (Wildman–Crippen LogP) is 5.54. The normalized spacial score (nSPS) is 16.4. The van der Waals surface area contributed by atoms with Crippen molar-refractivity contribution in [3.63, 3.8) is 0 Å². The van der Waals surface area contributed by atoms with Crippen LogP contribution in [-0.2, 0) is 12.8 Å². The van der Waals surface area contributed by atoms with Gasteiger partial charge in [0.25, 0.3) is 0 Å². The molecule has 3 aromatic heterocycles. The second-order valence-electron chi connectivity index (χ2n) is 7.46. The Bertz CT molecular complexity index is 990. The fraction of sp³-hybridized carbons (Fsp3) is 0.409. The maximum atomic E-state index is 4.93. The predicted molar refractivity (Wildman–Crippen MR) is 112 cm³/mol. The maximum absolute atomic E-state index is 4.93. The fourth-order valence-electron chi connectivity index (χ4n) is 4.22. The number of hydrogen-bond acceptors (Lipinski definition) is 5. The topological polar surface area (TPSA) is 50.7 Å². The van der Waals surface area contributed by atoms with Gasteiger partial charge in [-0.05, 0) is 69.1 Å². The number of aryl methyl sites for hydroxylation is 2. The molecule has 2 aliphatic carbocycles. The van der Waals surface area contributed by atoms with Gasteiger partial charge in [-0.2, -0.15) is 0 Å². The van der Waals surface area contributed by atoms with Crippen LogP contribution in [0.3, 0.4) is 0 Å². The van der Waals surface area contributed by atoms with Gasteiger partial charge in [-0.3, -0.25) is 4.98 Å². The highest BCUT2D eigenvalue weighted by molar-refractivity contribution is 7.19. The summed E-state index contributed by atoms with van der Waals surface area (Å²) in [6.45, 7) is 0.940. The molecule has 0 aliphatic heterocycles. The van der Waals surface area contributed by atoms with E-state index < -0.39 is 0 Å². The van der Waals surface area contributed by atoms with E-state index in [9.17, 15) is 0 Å². The first-order valence-electron chi connectivity index (χ1n) is 10.0. The zero-order chi connectivity index (χ0) is 18.1. The summed E-state index contributed by atoms with van der Waals surface area (Å²) in [5.74, 6) is 1.78. The number of hydrogen-bond donors (Lipinski definition) is 1. The van der Waals surface area contributed by atoms with Crippen molar-refractivity contribution in [1.82, 2.24) is 15.0 Å². The molecule has 0 aromatic carbocycles. The van der Waals surface area contributed by atoms with Gasteiger partial charge >= 0.3 is 0 Å². The lowest BCUT2D eigenvalue weighted by Gasteiger charge is -2.14. The number of aromatic nitrogens is 3. The number of allylic oxidation sites excluding steroid dienone is 1. The van der Waals surface area contributed by atoms with Crippen LogP contribution in [0.25, 0.3) is 21.6 Å². The molecule has 0 fully saturated rings. The average Bonchev–Trinajstić information content (AvgIpc) is 3.30. The van der Waals surface area contributed by atoms with E-state index in [4.69, 9.17) is 9.97 Å². The van der Waals surface area contributed by atoms with E-state index in [1.165, 1.54) is 54.4 Å². The Morgan fingerprint density at radius 3 is 2.93 bits per heavy atom. The molecule has 0 spiro atoms. The van der Waals surface area contributed by atoms with Crippen molar-refractivity contribution < 1.29 is 0 Å². The molecule has 0 bridgehead atoms. The third kappa shape index (κ3) is 3.36. The van der Waals surface area contributed by atoms with Crippen LogP contribution >= 0.6 is 11.3 Å². The molecule has 5 rings (SSSR count). The molecule has 3 heterocycles. The molecule has 3 aromatic rings. The van der Waals surface area contributed by atoms with E-state index in [2.05, 4.69) is 16.4 Å². The SMILES string of the molecule is C1=C(CCNc2nc(-c3cccnc3)nc3sc4c(c23)CCC4)CCCC1. The highest BCUT2D eigenvalue weighted by Crippen LogP contribution is 2.40. The Hall–Kier alpha value is -2.27. The standard InChI is InChI=1S/C22H24N4S/c1-2-6-15(7-3-1)11-13-24-21-19-17-9-4-10-18(17)27-22(19)26-20(25-21)16-8-5-12-23-14-16/h5-6,8,12,14H,1-4,7,9-11,13H2,(H,24,25,26). The summed E-state index contributed by atoms with van der Waals surface area (Å²) in [6.07, 6.45) is 16.0. The summed E-state index contributed by atoms with van der Waals surface area (Å²) < 4.78 is 0. The number of rotatable bonds is 5. The van der Waals surface area contributed by atoms with Crippen molar-refractivity contribution in [2.75, 3.05) is 11.9 Å². The van der Waals surface area contributed by atoms with Gasteiger partial charge in [0.2, 0.25) is 0 Å². The van der Waals surface area contributed by atoms with Gasteiger partial charge in [-0.1, -0.05) is 11.6 Å². The Labute approximate surface area is 163 Å². The Balaban J connectivity index is 1.49. The van der Waals surface area contributed by atoms with Crippen LogP contribution in [0, 0.1) is 0 Å². The van der Waals surface area contributed by atoms with Gasteiger partial charge in [-0.15, -0.1) is 11.3 Å². The molecule has 5 heteroatoms. The van der Waals surface area contributed by atoms with Crippen LogP contribution in [-0.4, -0.2) is 21.5 Å². The van der Waals surface area contributed by atoms with E-state index in [1.807, 2.05) is 29.7 Å². The maximum Gasteiger partial charge on any atom is 0.164 e. The third-order valence-corrected chi connectivity index (χ3v) is 6.79. The smallest absolute Gasteiger partial charge is 0.164 e. The first-order chi connectivity index (χ1) is 13.4. The van der Waals surface area contributed by atoms with Crippen LogP contribution in [0.2, 0.25) is 0 Å². The zero-order valence-corrected chi connectivity index (χ0v) is 16.3. The summed E-state index contributed by atoms with van der Waals surface area (Å²) >= 11 is 1.85. The molecule has 138 valence electrons. The van der Waals surface area contributed by atoms with Gasteiger partial charge in [0.1, 0.15) is 10.6 Å². The van der Waals surface area contributed by atoms with Crippen LogP contribution in [0.1, 0.15) is 49.0 Å². The molecule has 27 heavy (non-hydrogen) atoms. The fourth-order valence-corrected chi connectivity index (χ4v) is 5.48. The Kier molecular flexibility index (Phi) is 4.62. The van der Waals surface area contributed by atoms with Gasteiger partial charge in [0.15, 0.2) is 5.82 Å². The van der Waals surface area contributed by atoms with E-state index in [0.717, 1.165) is 41.4 Å². The number of nitrogens with zero attached hydrogens (tertiary/aromatic N) is 3. The van der Waals surface area contributed by atoms with Crippen molar-refractivity contribution in [2.45, 2.75) is 51.4 Å². The van der Waals surface area contributed by atoms with Crippen molar-refractivity contribution >= 4 is 27.4 Å². The lowest BCUT2D eigenvalue weighted by Crippen LogP contribution is -2.07. The number of anilines is 1. The third-order valence-electron chi connectivity index (χ3n) is 5.61. The molecule has 1 N–H and O–H groups in total. The van der Waals surface area contributed by atoms with Crippen LogP contribution in [0.4, 0.5) is 5.82 Å². The molecule has 0 unspecified atom stereocenters. The largest absolute Gasteiger partial charge is 0.369 e. The van der Waals surface area contributed by atoms with E-state index in [0.29, 0.717) is 0 Å². The lowest BCUT2D eigenvalue weighted by atomic mass is 9.97. The number of pyridine rings is 1. The van der Waals surface area contributed by atoms with Crippen molar-refractivity contribution in [2.24, 2.45) is 0 Å². The quantitative estimate of drug-likeness (QED) is 0.594. The molecule has 0 atom stereocenters. The van der Waals surface area contributed by atoms with E-state index in [-0.39, 0.29) is 0 Å². The minimum absolute atomic E-state index is 0.773. The minimum Gasteiger partial charge on any atom is -0.369 e. The summed E-state index contributed by atoms with van der Waals surface area (Å²) in [5.41, 5.74) is 4.06. The number of thiophene rings is 1. The van der Waals surface area contributed by atoms with Crippen molar-refractivity contribution in [1.29, 1.82) is 0 Å². The molecular weight excluding hydrogens is 352 g/mol. The van der Waals surface area contributed by atoms with Gasteiger partial charge in [0, 0.05) is 29.4 Å². The molecular formula is C22H24N4S. The minimum atomic E-state index is 0.773. The van der Waals surface area contributed by atoms with Crippen molar-refractivity contribution in [3.8, 4) is 11.4 Å². The lowest BCUT2D eigenvalue weighted by molar-refractivity contribution is 0.679. The van der Waals surface area contributed by atoms with E-state index in [1.54, 1.807) is 11.8 Å². The molecule has 2 aliphatic rings. The first-order valence-corrected chi connectivity index (χ1v) is 10.8. The molecule has 0 radical (unpaired) electrons. The first kappa shape index (κ1) is 16.9. The highest BCUT2D eigenvalue weighted by atomic mass is 32.1. The van der Waals surface area contributed by atoms with Gasteiger partial charge in [-0.25, -0.2) is 9.97 Å². The highest BCUT2D eigenvalue weighted by Gasteiger charge is 2.22. The van der Waals surface area contributed by atoms with Crippen LogP contribution in [0.5, 0.6) is 0 Å². The molecule has 0 saturated heterocycles. The van der Waals surface area contributed by atoms with E-state index >= 15 is 0 Å². The Morgan fingerprint density at radius 2 is 2.07 bits per heavy atom. The second kappa shape index (κ2) is 7.39. The summed E-state index contributed by atoms with van der Waals surface area (Å²) in [5, 5.41) is 4.92. The number of nitrogens with one attached hydrogen (secondary N) is 1. The zero-order valence-electron chi connectivity index (χ0n) is 15.5. The molecule has 4 nitrogen and oxygen atoms in total. The molecule has 0 amide bonds. The van der Waals surface area contributed by atoms with Gasteiger partial charge < -0.3 is 5.32 Å². The summed E-state index contributed by atoms with van der Waals surface area (Å²) in [6, 6.07) is 3.98. The average molecular weight is 377 g/mol. The number of fused-ring (bicyclic) bond motifs is 3.